The summed E-state index contributed by atoms with van der Waals surface area (Å²) in [7, 11) is 0. The Kier molecular flexibility index (Phi) is 6.32. The van der Waals surface area contributed by atoms with E-state index in [4.69, 9.17) is 4.74 Å². The second-order valence-corrected chi connectivity index (χ2v) is 7.54. The zero-order chi connectivity index (χ0) is 20.9. The van der Waals surface area contributed by atoms with Gasteiger partial charge < -0.3 is 10.1 Å². The molecule has 0 fully saturated rings. The number of rotatable bonds is 7. The van der Waals surface area contributed by atoms with Gasteiger partial charge in [-0.1, -0.05) is 49.7 Å². The van der Waals surface area contributed by atoms with Gasteiger partial charge in [-0.15, -0.1) is 0 Å². The summed E-state index contributed by atoms with van der Waals surface area (Å²) in [6.07, 6.45) is 2.22. The summed E-state index contributed by atoms with van der Waals surface area (Å²) < 4.78 is 18.8. The average molecular weight is 391 g/mol. The van der Waals surface area contributed by atoms with Crippen LogP contribution in [0.25, 0.3) is 11.1 Å². The summed E-state index contributed by atoms with van der Waals surface area (Å²) in [6, 6.07) is 21.9. The smallest absolute Gasteiger partial charge is 0.267 e. The maximum atomic E-state index is 13.0. The molecular formula is C25H26FNO2. The number of hydrogen-bond acceptors (Lipinski definition) is 2. The number of carbonyl (C=O) groups excluding carboxylic acids is 1. The maximum absolute atomic E-state index is 13.0. The van der Waals surface area contributed by atoms with Gasteiger partial charge in [0.15, 0.2) is 5.60 Å². The van der Waals surface area contributed by atoms with Crippen molar-refractivity contribution < 1.29 is 13.9 Å². The molecule has 0 saturated heterocycles. The van der Waals surface area contributed by atoms with E-state index in [1.54, 1.807) is 13.8 Å². The first-order valence-corrected chi connectivity index (χ1v) is 9.83. The third-order valence-corrected chi connectivity index (χ3v) is 4.70. The Morgan fingerprint density at radius 2 is 1.45 bits per heavy atom. The summed E-state index contributed by atoms with van der Waals surface area (Å²) in [5.74, 6) is -0.188. The molecular weight excluding hydrogens is 365 g/mol. The quantitative estimate of drug-likeness (QED) is 0.518. The molecule has 0 aliphatic carbocycles. The fourth-order valence-corrected chi connectivity index (χ4v) is 3.02. The Labute approximate surface area is 171 Å². The van der Waals surface area contributed by atoms with E-state index in [1.807, 2.05) is 24.3 Å². The molecule has 0 spiro atoms. The van der Waals surface area contributed by atoms with E-state index in [2.05, 4.69) is 36.5 Å². The average Bonchev–Trinajstić information content (AvgIpc) is 2.71. The van der Waals surface area contributed by atoms with Crippen LogP contribution in [0.3, 0.4) is 0 Å². The van der Waals surface area contributed by atoms with Crippen molar-refractivity contribution in [2.45, 2.75) is 39.2 Å². The number of benzene rings is 3. The summed E-state index contributed by atoms with van der Waals surface area (Å²) in [4.78, 5) is 12.6. The molecule has 29 heavy (non-hydrogen) atoms. The van der Waals surface area contributed by atoms with E-state index in [1.165, 1.54) is 29.8 Å². The van der Waals surface area contributed by atoms with Gasteiger partial charge in [-0.25, -0.2) is 4.39 Å². The standard InChI is InChI=1S/C25H26FNO2/c1-4-5-18-6-8-19(9-7-18)20-10-14-22(15-11-20)27-24(28)25(2,3)29-23-16-12-21(26)13-17-23/h6-17H,4-5H2,1-3H3,(H,27,28). The molecule has 3 nitrogen and oxygen atoms in total. The molecule has 3 rings (SSSR count). The van der Waals surface area contributed by atoms with E-state index in [0.29, 0.717) is 11.4 Å². The first-order valence-electron chi connectivity index (χ1n) is 9.83. The molecule has 0 unspecified atom stereocenters. The highest BCUT2D eigenvalue weighted by Gasteiger charge is 2.30. The van der Waals surface area contributed by atoms with Crippen LogP contribution in [0.5, 0.6) is 5.75 Å². The highest BCUT2D eigenvalue weighted by atomic mass is 19.1. The Balaban J connectivity index is 1.65. The lowest BCUT2D eigenvalue weighted by Crippen LogP contribution is -2.42. The van der Waals surface area contributed by atoms with E-state index in [9.17, 15) is 9.18 Å². The molecule has 0 bridgehead atoms. The zero-order valence-corrected chi connectivity index (χ0v) is 17.0. The first kappa shape index (κ1) is 20.6. The topological polar surface area (TPSA) is 38.3 Å². The lowest BCUT2D eigenvalue weighted by Gasteiger charge is -2.25. The highest BCUT2D eigenvalue weighted by Crippen LogP contribution is 2.24. The van der Waals surface area contributed by atoms with Crippen LogP contribution < -0.4 is 10.1 Å². The van der Waals surface area contributed by atoms with Crippen LogP contribution in [0.1, 0.15) is 32.8 Å². The third kappa shape index (κ3) is 5.44. The van der Waals surface area contributed by atoms with Crippen molar-refractivity contribution in [3.63, 3.8) is 0 Å². The SMILES string of the molecule is CCCc1ccc(-c2ccc(NC(=O)C(C)(C)Oc3ccc(F)cc3)cc2)cc1. The zero-order valence-electron chi connectivity index (χ0n) is 17.0. The van der Waals surface area contributed by atoms with Crippen molar-refractivity contribution in [3.05, 3.63) is 84.2 Å². The van der Waals surface area contributed by atoms with Gasteiger partial charge in [0.1, 0.15) is 11.6 Å². The number of nitrogens with one attached hydrogen (secondary N) is 1. The number of aryl methyl sites for hydroxylation is 1. The molecule has 0 aliphatic heterocycles. The van der Waals surface area contributed by atoms with Crippen LogP contribution in [0, 0.1) is 5.82 Å². The Morgan fingerprint density at radius 1 is 0.897 bits per heavy atom. The molecule has 3 aromatic carbocycles. The van der Waals surface area contributed by atoms with Gasteiger partial charge in [0.05, 0.1) is 0 Å². The lowest BCUT2D eigenvalue weighted by atomic mass is 10.0. The van der Waals surface area contributed by atoms with Crippen molar-refractivity contribution in [2.75, 3.05) is 5.32 Å². The molecule has 0 aliphatic rings. The predicted molar refractivity (Wildman–Crippen MR) is 116 cm³/mol. The molecule has 4 heteroatoms. The second-order valence-electron chi connectivity index (χ2n) is 7.54. The van der Waals surface area contributed by atoms with E-state index < -0.39 is 5.60 Å². The van der Waals surface area contributed by atoms with Gasteiger partial charge in [0.25, 0.3) is 5.91 Å². The minimum absolute atomic E-state index is 0.279. The van der Waals surface area contributed by atoms with Crippen LogP contribution in [0.15, 0.2) is 72.8 Å². The van der Waals surface area contributed by atoms with Crippen LogP contribution in [0.2, 0.25) is 0 Å². The molecule has 0 aromatic heterocycles. The fourth-order valence-electron chi connectivity index (χ4n) is 3.02. The molecule has 1 amide bonds. The minimum atomic E-state index is -1.11. The number of ether oxygens (including phenoxy) is 1. The Morgan fingerprint density at radius 3 is 2.00 bits per heavy atom. The molecule has 1 N–H and O–H groups in total. The minimum Gasteiger partial charge on any atom is -0.478 e. The summed E-state index contributed by atoms with van der Waals surface area (Å²) in [6.45, 7) is 5.53. The number of halogens is 1. The molecule has 3 aromatic rings. The van der Waals surface area contributed by atoms with E-state index >= 15 is 0 Å². The summed E-state index contributed by atoms with van der Waals surface area (Å²) in [5, 5.41) is 2.88. The summed E-state index contributed by atoms with van der Waals surface area (Å²) in [5.41, 5.74) is 3.15. The van der Waals surface area contributed by atoms with Gasteiger partial charge in [0.2, 0.25) is 0 Å². The van der Waals surface area contributed by atoms with Crippen molar-refractivity contribution in [1.82, 2.24) is 0 Å². The van der Waals surface area contributed by atoms with Crippen LogP contribution >= 0.6 is 0 Å². The molecule has 0 saturated carbocycles. The van der Waals surface area contributed by atoms with Crippen molar-refractivity contribution in [1.29, 1.82) is 0 Å². The van der Waals surface area contributed by atoms with Gasteiger partial charge in [-0.05, 0) is 73.4 Å². The first-order chi connectivity index (χ1) is 13.9. The fraction of sp³-hybridized carbons (Fsp3) is 0.240. The van der Waals surface area contributed by atoms with Crippen LogP contribution in [0.4, 0.5) is 10.1 Å². The van der Waals surface area contributed by atoms with Crippen LogP contribution in [-0.4, -0.2) is 11.5 Å². The van der Waals surface area contributed by atoms with Crippen LogP contribution in [-0.2, 0) is 11.2 Å². The third-order valence-electron chi connectivity index (χ3n) is 4.70. The Hall–Kier alpha value is -3.14. The monoisotopic (exact) mass is 391 g/mol. The predicted octanol–water partition coefficient (Wildman–Crippen LogP) is 6.24. The van der Waals surface area contributed by atoms with E-state index in [0.717, 1.165) is 24.0 Å². The maximum Gasteiger partial charge on any atom is 0.267 e. The van der Waals surface area contributed by atoms with Gasteiger partial charge in [-0.3, -0.25) is 4.79 Å². The van der Waals surface area contributed by atoms with Crippen molar-refractivity contribution >= 4 is 11.6 Å². The van der Waals surface area contributed by atoms with Gasteiger partial charge >= 0.3 is 0 Å². The second kappa shape index (κ2) is 8.91. The Bertz CT molecular complexity index is 946. The van der Waals surface area contributed by atoms with Crippen molar-refractivity contribution in [2.24, 2.45) is 0 Å². The summed E-state index contributed by atoms with van der Waals surface area (Å²) >= 11 is 0. The number of hydrogen-bond donors (Lipinski definition) is 1. The largest absolute Gasteiger partial charge is 0.478 e. The van der Waals surface area contributed by atoms with Gasteiger partial charge in [-0.2, -0.15) is 0 Å². The van der Waals surface area contributed by atoms with E-state index in [-0.39, 0.29) is 11.7 Å². The lowest BCUT2D eigenvalue weighted by molar-refractivity contribution is -0.128. The molecule has 0 radical (unpaired) electrons. The van der Waals surface area contributed by atoms with Crippen molar-refractivity contribution in [3.8, 4) is 16.9 Å². The molecule has 0 atom stereocenters. The normalized spacial score (nSPS) is 11.2. The number of anilines is 1. The molecule has 150 valence electrons. The van der Waals surface area contributed by atoms with Gasteiger partial charge in [0, 0.05) is 5.69 Å². The molecule has 0 heterocycles. The number of carbonyl (C=O) groups is 1. The number of amides is 1. The highest BCUT2D eigenvalue weighted by molar-refractivity contribution is 5.97.